The average molecular weight is 411 g/mol. The first-order valence-corrected chi connectivity index (χ1v) is 10.6. The predicted molar refractivity (Wildman–Crippen MR) is 115 cm³/mol. The average Bonchev–Trinajstić information content (AvgIpc) is 3.29. The molecule has 2 aliphatic heterocycles. The van der Waals surface area contributed by atoms with Crippen LogP contribution < -0.4 is 9.47 Å². The molecule has 2 heterocycles. The van der Waals surface area contributed by atoms with Gasteiger partial charge in [0.1, 0.15) is 17.5 Å². The third kappa shape index (κ3) is 4.16. The summed E-state index contributed by atoms with van der Waals surface area (Å²) in [5.74, 6) is 1.73. The lowest BCUT2D eigenvalue weighted by atomic mass is 9.98. The van der Waals surface area contributed by atoms with E-state index >= 15 is 0 Å². The van der Waals surface area contributed by atoms with Crippen LogP contribution in [-0.2, 0) is 9.53 Å². The Kier molecular flexibility index (Phi) is 6.55. The van der Waals surface area contributed by atoms with Crippen molar-refractivity contribution < 1.29 is 19.0 Å². The summed E-state index contributed by atoms with van der Waals surface area (Å²) < 4.78 is 16.5. The van der Waals surface area contributed by atoms with E-state index in [1.54, 1.807) is 14.2 Å². The monoisotopic (exact) mass is 410 g/mol. The van der Waals surface area contributed by atoms with Crippen LogP contribution in [0.4, 0.5) is 0 Å². The van der Waals surface area contributed by atoms with Crippen LogP contribution in [0.2, 0.25) is 0 Å². The van der Waals surface area contributed by atoms with Crippen LogP contribution >= 0.6 is 0 Å². The second-order valence-electron chi connectivity index (χ2n) is 7.75. The molecule has 6 nitrogen and oxygen atoms in total. The quantitative estimate of drug-likeness (QED) is 0.730. The lowest BCUT2D eigenvalue weighted by molar-refractivity contribution is -0.142. The summed E-state index contributed by atoms with van der Waals surface area (Å²) in [6, 6.07) is 15.9. The number of morpholine rings is 1. The molecule has 30 heavy (non-hydrogen) atoms. The van der Waals surface area contributed by atoms with Gasteiger partial charge in [0.25, 0.3) is 0 Å². The number of methoxy groups -OCH3 is 2. The molecule has 2 aromatic rings. The lowest BCUT2D eigenvalue weighted by Gasteiger charge is -2.37. The van der Waals surface area contributed by atoms with E-state index in [-0.39, 0.29) is 18.0 Å². The number of hydrogen-bond donors (Lipinski definition) is 0. The van der Waals surface area contributed by atoms with Crippen molar-refractivity contribution in [1.82, 2.24) is 9.80 Å². The minimum atomic E-state index is -0.316. The standard InChI is InChI=1S/C24H30N2O4/c1-28-19-10-11-20(22(17-19)29-2)21-9-6-12-26(21)23(18-7-4-3-5-8-18)24(27)25-13-15-30-16-14-25/h3-5,7-8,10-11,17,21,23H,6,9,12-16H2,1-2H3/t21-,23-/m0/s1. The molecule has 2 atom stereocenters. The molecular weight excluding hydrogens is 380 g/mol. The number of hydrogen-bond acceptors (Lipinski definition) is 5. The first kappa shape index (κ1) is 20.7. The zero-order valence-electron chi connectivity index (χ0n) is 17.8. The van der Waals surface area contributed by atoms with Gasteiger partial charge in [-0.05, 0) is 31.0 Å². The van der Waals surface area contributed by atoms with Gasteiger partial charge < -0.3 is 19.1 Å². The van der Waals surface area contributed by atoms with Gasteiger partial charge in [0.2, 0.25) is 5.91 Å². The van der Waals surface area contributed by atoms with Gasteiger partial charge in [-0.1, -0.05) is 36.4 Å². The molecule has 0 saturated carbocycles. The van der Waals surface area contributed by atoms with Crippen molar-refractivity contribution in [3.05, 3.63) is 59.7 Å². The van der Waals surface area contributed by atoms with Crippen LogP contribution in [0, 0.1) is 0 Å². The molecule has 2 fully saturated rings. The largest absolute Gasteiger partial charge is 0.497 e. The molecule has 0 radical (unpaired) electrons. The molecule has 1 amide bonds. The third-order valence-corrected chi connectivity index (χ3v) is 6.10. The number of carbonyl (C=O) groups excluding carboxylic acids is 1. The Morgan fingerprint density at radius 3 is 2.50 bits per heavy atom. The van der Waals surface area contributed by atoms with Gasteiger partial charge in [0.15, 0.2) is 0 Å². The summed E-state index contributed by atoms with van der Waals surface area (Å²) in [4.78, 5) is 18.0. The van der Waals surface area contributed by atoms with Crippen LogP contribution in [0.5, 0.6) is 11.5 Å². The Labute approximate surface area is 178 Å². The highest BCUT2D eigenvalue weighted by molar-refractivity contribution is 5.83. The number of nitrogens with zero attached hydrogens (tertiary/aromatic N) is 2. The van der Waals surface area contributed by atoms with E-state index in [0.29, 0.717) is 26.3 Å². The van der Waals surface area contributed by atoms with Gasteiger partial charge in [-0.15, -0.1) is 0 Å². The molecule has 0 unspecified atom stereocenters. The molecule has 2 aliphatic rings. The fraction of sp³-hybridized carbons (Fsp3) is 0.458. The molecule has 0 spiro atoms. The van der Waals surface area contributed by atoms with Gasteiger partial charge in [-0.25, -0.2) is 0 Å². The summed E-state index contributed by atoms with van der Waals surface area (Å²) in [5, 5.41) is 0. The van der Waals surface area contributed by atoms with Crippen LogP contribution in [0.1, 0.15) is 36.1 Å². The maximum Gasteiger partial charge on any atom is 0.244 e. The first-order chi connectivity index (χ1) is 14.7. The van der Waals surface area contributed by atoms with Crippen LogP contribution in [-0.4, -0.2) is 62.8 Å². The zero-order valence-corrected chi connectivity index (χ0v) is 17.8. The summed E-state index contributed by atoms with van der Waals surface area (Å²) in [6.07, 6.45) is 2.03. The van der Waals surface area contributed by atoms with Crippen LogP contribution in [0.3, 0.4) is 0 Å². The minimum Gasteiger partial charge on any atom is -0.497 e. The zero-order chi connectivity index (χ0) is 20.9. The van der Waals surface area contributed by atoms with Crippen molar-refractivity contribution in [2.24, 2.45) is 0 Å². The topological polar surface area (TPSA) is 51.2 Å². The van der Waals surface area contributed by atoms with Gasteiger partial charge in [-0.2, -0.15) is 0 Å². The molecule has 0 aliphatic carbocycles. The fourth-order valence-corrected chi connectivity index (χ4v) is 4.59. The maximum atomic E-state index is 13.7. The molecule has 0 N–H and O–H groups in total. The van der Waals surface area contributed by atoms with Crippen LogP contribution in [0.25, 0.3) is 0 Å². The number of benzene rings is 2. The summed E-state index contributed by atoms with van der Waals surface area (Å²) in [5.41, 5.74) is 2.14. The number of carbonyl (C=O) groups is 1. The highest BCUT2D eigenvalue weighted by atomic mass is 16.5. The number of likely N-dealkylation sites (tertiary alicyclic amines) is 1. The van der Waals surface area contributed by atoms with E-state index in [1.165, 1.54) is 0 Å². The van der Waals surface area contributed by atoms with Crippen molar-refractivity contribution in [3.63, 3.8) is 0 Å². The molecule has 2 aromatic carbocycles. The number of rotatable bonds is 6. The molecule has 6 heteroatoms. The molecule has 0 aromatic heterocycles. The third-order valence-electron chi connectivity index (χ3n) is 6.10. The molecule has 0 bridgehead atoms. The normalized spacial score (nSPS) is 20.7. The van der Waals surface area contributed by atoms with E-state index < -0.39 is 0 Å². The highest BCUT2D eigenvalue weighted by Crippen LogP contribution is 2.43. The van der Waals surface area contributed by atoms with Gasteiger partial charge in [-0.3, -0.25) is 9.69 Å². The second-order valence-corrected chi connectivity index (χ2v) is 7.75. The summed E-state index contributed by atoms with van der Waals surface area (Å²) in [6.45, 7) is 3.36. The van der Waals surface area contributed by atoms with Gasteiger partial charge in [0, 0.05) is 30.8 Å². The number of ether oxygens (including phenoxy) is 3. The van der Waals surface area contributed by atoms with Crippen molar-refractivity contribution in [3.8, 4) is 11.5 Å². The van der Waals surface area contributed by atoms with Crippen molar-refractivity contribution in [2.45, 2.75) is 24.9 Å². The van der Waals surface area contributed by atoms with Gasteiger partial charge in [0.05, 0.1) is 27.4 Å². The Hall–Kier alpha value is -2.57. The summed E-state index contributed by atoms with van der Waals surface area (Å²) in [7, 11) is 3.34. The molecule has 2 saturated heterocycles. The maximum absolute atomic E-state index is 13.7. The van der Waals surface area contributed by atoms with E-state index in [4.69, 9.17) is 14.2 Å². The molecule has 4 rings (SSSR count). The van der Waals surface area contributed by atoms with Crippen molar-refractivity contribution >= 4 is 5.91 Å². The second kappa shape index (κ2) is 9.49. The highest BCUT2D eigenvalue weighted by Gasteiger charge is 2.39. The van der Waals surface area contributed by atoms with E-state index in [2.05, 4.69) is 23.1 Å². The van der Waals surface area contributed by atoms with Gasteiger partial charge >= 0.3 is 0 Å². The van der Waals surface area contributed by atoms with E-state index in [9.17, 15) is 4.79 Å². The number of amides is 1. The minimum absolute atomic E-state index is 0.112. The lowest BCUT2D eigenvalue weighted by Crippen LogP contribution is -2.47. The summed E-state index contributed by atoms with van der Waals surface area (Å²) >= 11 is 0. The molecular formula is C24H30N2O4. The van der Waals surface area contributed by atoms with E-state index in [0.717, 1.165) is 42.0 Å². The van der Waals surface area contributed by atoms with Crippen molar-refractivity contribution in [1.29, 1.82) is 0 Å². The fourth-order valence-electron chi connectivity index (χ4n) is 4.59. The Morgan fingerprint density at radius 1 is 1.03 bits per heavy atom. The van der Waals surface area contributed by atoms with Crippen molar-refractivity contribution in [2.75, 3.05) is 47.1 Å². The smallest absolute Gasteiger partial charge is 0.244 e. The molecule has 160 valence electrons. The van der Waals surface area contributed by atoms with E-state index in [1.807, 2.05) is 35.2 Å². The predicted octanol–water partition coefficient (Wildman–Crippen LogP) is 3.44. The Bertz CT molecular complexity index is 852. The van der Waals surface area contributed by atoms with Crippen LogP contribution in [0.15, 0.2) is 48.5 Å². The Balaban J connectivity index is 1.70. The SMILES string of the molecule is COc1ccc([C@@H]2CCCN2[C@H](C(=O)N2CCOCC2)c2ccccc2)c(OC)c1. The first-order valence-electron chi connectivity index (χ1n) is 10.6. The Morgan fingerprint density at radius 2 is 1.80 bits per heavy atom.